The first-order valence-corrected chi connectivity index (χ1v) is 8.52. The zero-order chi connectivity index (χ0) is 16.3. The number of nitrogens with zero attached hydrogens (tertiary/aromatic N) is 2. The quantitative estimate of drug-likeness (QED) is 0.805. The Bertz CT molecular complexity index is 459. The molecule has 4 heteroatoms. The summed E-state index contributed by atoms with van der Waals surface area (Å²) < 4.78 is 2.08. The summed E-state index contributed by atoms with van der Waals surface area (Å²) in [7, 11) is 0. The minimum absolute atomic E-state index is 0.139. The number of aryl methyl sites for hydroxylation is 2. The van der Waals surface area contributed by atoms with Gasteiger partial charge in [0, 0.05) is 18.6 Å². The van der Waals surface area contributed by atoms with Crippen LogP contribution in [0.25, 0.3) is 0 Å². The smallest absolute Gasteiger partial charge is 0.0850 e. The molecule has 0 aliphatic rings. The predicted octanol–water partition coefficient (Wildman–Crippen LogP) is 4.47. The first-order valence-electron chi connectivity index (χ1n) is 8.15. The first kappa shape index (κ1) is 18.5. The molecule has 0 amide bonds. The van der Waals surface area contributed by atoms with Crippen LogP contribution < -0.4 is 5.32 Å². The third-order valence-corrected chi connectivity index (χ3v) is 4.62. The normalized spacial score (nSPS) is 15.2. The lowest BCUT2D eigenvalue weighted by Gasteiger charge is -2.33. The molecule has 1 N–H and O–H groups in total. The Morgan fingerprint density at radius 2 is 1.76 bits per heavy atom. The molecule has 0 bridgehead atoms. The monoisotopic (exact) mass is 313 g/mol. The van der Waals surface area contributed by atoms with Crippen molar-refractivity contribution in [1.29, 1.82) is 0 Å². The Kier molecular flexibility index (Phi) is 6.30. The first-order chi connectivity index (χ1) is 9.65. The van der Waals surface area contributed by atoms with Crippen LogP contribution in [0.15, 0.2) is 0 Å². The second kappa shape index (κ2) is 7.15. The van der Waals surface area contributed by atoms with Crippen LogP contribution in [0.1, 0.15) is 66.3 Å². The number of aromatic nitrogens is 2. The lowest BCUT2D eigenvalue weighted by molar-refractivity contribution is 0.249. The lowest BCUT2D eigenvalue weighted by atomic mass is 9.82. The van der Waals surface area contributed by atoms with Gasteiger partial charge < -0.3 is 5.32 Å². The fraction of sp³-hybridized carbons (Fsp3) is 0.824. The number of hydrogen-bond donors (Lipinski definition) is 1. The van der Waals surface area contributed by atoms with Gasteiger partial charge in [-0.1, -0.05) is 32.4 Å². The standard InChI is InChI=1S/C17H32ClN3/c1-8-13-15(18)14(21(10-3)20-13)11-17(7,9-2)12-19-16(4,5)6/h19H,8-12H2,1-7H3. The average Bonchev–Trinajstić information content (AvgIpc) is 2.72. The van der Waals surface area contributed by atoms with Crippen molar-refractivity contribution in [2.75, 3.05) is 6.54 Å². The third-order valence-electron chi connectivity index (χ3n) is 4.19. The van der Waals surface area contributed by atoms with Crippen molar-refractivity contribution in [2.45, 2.75) is 79.8 Å². The van der Waals surface area contributed by atoms with E-state index in [2.05, 4.69) is 63.6 Å². The zero-order valence-corrected chi connectivity index (χ0v) is 15.6. The van der Waals surface area contributed by atoms with E-state index in [4.69, 9.17) is 11.6 Å². The fourth-order valence-electron chi connectivity index (χ4n) is 2.38. The molecule has 1 rings (SSSR count). The lowest BCUT2D eigenvalue weighted by Crippen LogP contribution is -2.43. The van der Waals surface area contributed by atoms with Crippen molar-refractivity contribution >= 4 is 11.6 Å². The van der Waals surface area contributed by atoms with Gasteiger partial charge in [-0.2, -0.15) is 5.10 Å². The molecule has 1 aromatic rings. The highest BCUT2D eigenvalue weighted by Gasteiger charge is 2.28. The van der Waals surface area contributed by atoms with Gasteiger partial charge in [0.25, 0.3) is 0 Å². The zero-order valence-electron chi connectivity index (χ0n) is 14.8. The third kappa shape index (κ3) is 5.00. The number of halogens is 1. The van der Waals surface area contributed by atoms with Crippen LogP contribution in [-0.2, 0) is 19.4 Å². The number of nitrogens with one attached hydrogen (secondary N) is 1. The molecule has 0 aliphatic heterocycles. The maximum Gasteiger partial charge on any atom is 0.0850 e. The van der Waals surface area contributed by atoms with Gasteiger partial charge in [0.1, 0.15) is 0 Å². The minimum Gasteiger partial charge on any atom is -0.312 e. The van der Waals surface area contributed by atoms with Gasteiger partial charge >= 0.3 is 0 Å². The molecule has 0 spiro atoms. The molecule has 0 saturated carbocycles. The molecule has 122 valence electrons. The van der Waals surface area contributed by atoms with Crippen molar-refractivity contribution in [3.63, 3.8) is 0 Å². The number of rotatable bonds is 7. The fourth-order valence-corrected chi connectivity index (χ4v) is 2.72. The molecule has 0 aromatic carbocycles. The molecule has 1 aromatic heterocycles. The highest BCUT2D eigenvalue weighted by molar-refractivity contribution is 6.31. The van der Waals surface area contributed by atoms with Crippen LogP contribution in [0.2, 0.25) is 5.02 Å². The summed E-state index contributed by atoms with van der Waals surface area (Å²) in [6.07, 6.45) is 2.97. The minimum atomic E-state index is 0.139. The van der Waals surface area contributed by atoms with E-state index in [9.17, 15) is 0 Å². The van der Waals surface area contributed by atoms with E-state index in [1.165, 1.54) is 5.69 Å². The number of hydrogen-bond acceptors (Lipinski definition) is 2. The van der Waals surface area contributed by atoms with Crippen molar-refractivity contribution in [3.8, 4) is 0 Å². The second-order valence-corrected chi connectivity index (χ2v) is 7.70. The summed E-state index contributed by atoms with van der Waals surface area (Å²) in [5, 5.41) is 9.15. The Balaban J connectivity index is 2.97. The van der Waals surface area contributed by atoms with Gasteiger partial charge in [-0.05, 0) is 52.4 Å². The van der Waals surface area contributed by atoms with Crippen LogP contribution in [0.3, 0.4) is 0 Å². The summed E-state index contributed by atoms with van der Waals surface area (Å²) in [6, 6.07) is 0. The van der Waals surface area contributed by atoms with E-state index < -0.39 is 0 Å². The highest BCUT2D eigenvalue weighted by Crippen LogP contribution is 2.31. The molecular formula is C17H32ClN3. The van der Waals surface area contributed by atoms with Crippen molar-refractivity contribution in [2.24, 2.45) is 5.41 Å². The summed E-state index contributed by atoms with van der Waals surface area (Å²) in [6.45, 7) is 17.3. The van der Waals surface area contributed by atoms with E-state index in [1.54, 1.807) is 0 Å². The Morgan fingerprint density at radius 1 is 1.14 bits per heavy atom. The van der Waals surface area contributed by atoms with E-state index >= 15 is 0 Å². The molecule has 0 radical (unpaired) electrons. The van der Waals surface area contributed by atoms with Crippen molar-refractivity contribution in [1.82, 2.24) is 15.1 Å². The van der Waals surface area contributed by atoms with E-state index in [0.717, 1.165) is 43.1 Å². The summed E-state index contributed by atoms with van der Waals surface area (Å²) in [5.74, 6) is 0. The molecule has 1 heterocycles. The predicted molar refractivity (Wildman–Crippen MR) is 92.1 cm³/mol. The molecule has 0 fully saturated rings. The molecule has 0 saturated heterocycles. The van der Waals surface area contributed by atoms with Crippen molar-refractivity contribution in [3.05, 3.63) is 16.4 Å². The van der Waals surface area contributed by atoms with Crippen LogP contribution in [0, 0.1) is 5.41 Å². The largest absolute Gasteiger partial charge is 0.312 e. The molecule has 1 atom stereocenters. The van der Waals surface area contributed by atoms with Gasteiger partial charge in [0.15, 0.2) is 0 Å². The molecule has 1 unspecified atom stereocenters. The Hall–Kier alpha value is -0.540. The Morgan fingerprint density at radius 3 is 2.19 bits per heavy atom. The summed E-state index contributed by atoms with van der Waals surface area (Å²) in [5.41, 5.74) is 2.54. The average molecular weight is 314 g/mol. The van der Waals surface area contributed by atoms with Gasteiger partial charge in [-0.25, -0.2) is 0 Å². The summed E-state index contributed by atoms with van der Waals surface area (Å²) >= 11 is 6.56. The second-order valence-electron chi connectivity index (χ2n) is 7.32. The molecular weight excluding hydrogens is 282 g/mol. The van der Waals surface area contributed by atoms with Crippen LogP contribution in [0.5, 0.6) is 0 Å². The van der Waals surface area contributed by atoms with Crippen LogP contribution in [-0.4, -0.2) is 21.9 Å². The van der Waals surface area contributed by atoms with E-state index in [1.807, 2.05) is 0 Å². The molecule has 21 heavy (non-hydrogen) atoms. The molecule has 0 aliphatic carbocycles. The van der Waals surface area contributed by atoms with E-state index in [-0.39, 0.29) is 11.0 Å². The van der Waals surface area contributed by atoms with Crippen LogP contribution >= 0.6 is 11.6 Å². The summed E-state index contributed by atoms with van der Waals surface area (Å²) in [4.78, 5) is 0. The van der Waals surface area contributed by atoms with Gasteiger partial charge in [0.05, 0.1) is 16.4 Å². The van der Waals surface area contributed by atoms with Crippen molar-refractivity contribution < 1.29 is 0 Å². The maximum absolute atomic E-state index is 6.56. The topological polar surface area (TPSA) is 29.9 Å². The van der Waals surface area contributed by atoms with Gasteiger partial charge in [0.2, 0.25) is 0 Å². The van der Waals surface area contributed by atoms with Gasteiger partial charge in [-0.15, -0.1) is 0 Å². The molecule has 3 nitrogen and oxygen atoms in total. The van der Waals surface area contributed by atoms with Crippen LogP contribution in [0.4, 0.5) is 0 Å². The SMILES string of the molecule is CCc1nn(CC)c(CC(C)(CC)CNC(C)(C)C)c1Cl. The Labute approximate surface area is 135 Å². The van der Waals surface area contributed by atoms with Gasteiger partial charge in [-0.3, -0.25) is 4.68 Å². The maximum atomic E-state index is 6.56. The van der Waals surface area contributed by atoms with E-state index in [0.29, 0.717) is 0 Å². The highest BCUT2D eigenvalue weighted by atomic mass is 35.5.